The molecule has 7 heteroatoms. The predicted octanol–water partition coefficient (Wildman–Crippen LogP) is 4.60. The molecule has 24 heavy (non-hydrogen) atoms. The second-order valence-electron chi connectivity index (χ2n) is 5.60. The van der Waals surface area contributed by atoms with Crippen LogP contribution < -0.4 is 5.32 Å². The molecule has 3 heterocycles. The zero-order valence-corrected chi connectivity index (χ0v) is 15.2. The van der Waals surface area contributed by atoms with E-state index in [-0.39, 0.29) is 11.9 Å². The van der Waals surface area contributed by atoms with Crippen molar-refractivity contribution in [1.29, 1.82) is 0 Å². The lowest BCUT2D eigenvalue weighted by Gasteiger charge is -2.14. The summed E-state index contributed by atoms with van der Waals surface area (Å²) < 4.78 is 9.89. The van der Waals surface area contributed by atoms with Gasteiger partial charge < -0.3 is 14.3 Å². The summed E-state index contributed by atoms with van der Waals surface area (Å²) in [5.74, 6) is 0.475. The van der Waals surface area contributed by atoms with Crippen LogP contribution in [0.3, 0.4) is 0 Å². The molecule has 0 aliphatic rings. The van der Waals surface area contributed by atoms with Gasteiger partial charge in [0.2, 0.25) is 0 Å². The van der Waals surface area contributed by atoms with Crippen LogP contribution in [0.4, 0.5) is 5.82 Å². The second-order valence-corrected chi connectivity index (χ2v) is 6.38. The Morgan fingerprint density at radius 1 is 1.54 bits per heavy atom. The van der Waals surface area contributed by atoms with Gasteiger partial charge in [-0.05, 0) is 29.3 Å². The third-order valence-electron chi connectivity index (χ3n) is 4.02. The molecule has 1 N–H and O–H groups in total. The Labute approximate surface area is 148 Å². The van der Waals surface area contributed by atoms with E-state index in [0.717, 1.165) is 11.9 Å². The summed E-state index contributed by atoms with van der Waals surface area (Å²) in [6.07, 6.45) is 4.37. The number of carbonyl (C=O) groups is 1. The van der Waals surface area contributed by atoms with Gasteiger partial charge in [0.25, 0.3) is 5.91 Å². The molecule has 0 spiro atoms. The Hall–Kier alpha value is -2.28. The number of hydrogen-bond donors (Lipinski definition) is 1. The lowest BCUT2D eigenvalue weighted by Crippen LogP contribution is -2.20. The van der Waals surface area contributed by atoms with Crippen LogP contribution in [0.2, 0.25) is 0 Å². The SMILES string of the molecule is C=CCn1c(C(=O)Nc2ccnn2C(C)CC)cc2oc(Br)cc21. The summed E-state index contributed by atoms with van der Waals surface area (Å²) in [5.41, 5.74) is 2.03. The van der Waals surface area contributed by atoms with Crippen LogP contribution in [0.1, 0.15) is 36.8 Å². The fourth-order valence-corrected chi connectivity index (χ4v) is 3.03. The van der Waals surface area contributed by atoms with Gasteiger partial charge in [-0.25, -0.2) is 4.68 Å². The van der Waals surface area contributed by atoms with Crippen LogP contribution in [-0.4, -0.2) is 20.3 Å². The Bertz CT molecular complexity index is 890. The number of halogens is 1. The third-order valence-corrected chi connectivity index (χ3v) is 4.41. The summed E-state index contributed by atoms with van der Waals surface area (Å²) in [5, 5.41) is 7.23. The van der Waals surface area contributed by atoms with Gasteiger partial charge in [-0.1, -0.05) is 13.0 Å². The molecule has 1 unspecified atom stereocenters. The Morgan fingerprint density at radius 2 is 2.33 bits per heavy atom. The number of rotatable bonds is 6. The predicted molar refractivity (Wildman–Crippen MR) is 97.3 cm³/mol. The average Bonchev–Trinajstić information content (AvgIpc) is 3.23. The van der Waals surface area contributed by atoms with Gasteiger partial charge in [0.05, 0.1) is 17.8 Å². The van der Waals surface area contributed by atoms with Crippen molar-refractivity contribution in [3.63, 3.8) is 0 Å². The number of aromatic nitrogens is 3. The van der Waals surface area contributed by atoms with Crippen molar-refractivity contribution in [3.8, 4) is 0 Å². The fraction of sp³-hybridized carbons (Fsp3) is 0.294. The van der Waals surface area contributed by atoms with Crippen LogP contribution >= 0.6 is 15.9 Å². The Morgan fingerprint density at radius 3 is 3.04 bits per heavy atom. The number of hydrogen-bond acceptors (Lipinski definition) is 3. The summed E-state index contributed by atoms with van der Waals surface area (Å²) in [6, 6.07) is 5.59. The molecule has 126 valence electrons. The molecule has 0 radical (unpaired) electrons. The van der Waals surface area contributed by atoms with Gasteiger partial charge in [0.1, 0.15) is 11.5 Å². The number of carbonyl (C=O) groups excluding carboxylic acids is 1. The molecule has 3 rings (SSSR count). The molecule has 6 nitrogen and oxygen atoms in total. The maximum Gasteiger partial charge on any atom is 0.273 e. The van der Waals surface area contributed by atoms with Crippen molar-refractivity contribution >= 4 is 38.8 Å². The van der Waals surface area contributed by atoms with Crippen molar-refractivity contribution < 1.29 is 9.21 Å². The van der Waals surface area contributed by atoms with Crippen molar-refractivity contribution in [2.75, 3.05) is 5.32 Å². The zero-order valence-electron chi connectivity index (χ0n) is 13.6. The molecule has 0 saturated heterocycles. The maximum absolute atomic E-state index is 12.8. The summed E-state index contributed by atoms with van der Waals surface area (Å²) >= 11 is 3.31. The highest BCUT2D eigenvalue weighted by molar-refractivity contribution is 9.10. The highest BCUT2D eigenvalue weighted by atomic mass is 79.9. The standard InChI is InChI=1S/C17H19BrN4O2/c1-4-8-21-12-10-15(18)24-14(12)9-13(21)17(23)20-16-6-7-19-22(16)11(3)5-2/h4,6-7,9-11H,1,5,8H2,2-3H3,(H,20,23). The number of nitrogens with one attached hydrogen (secondary N) is 1. The molecule has 0 aliphatic carbocycles. The van der Waals surface area contributed by atoms with E-state index in [2.05, 4.69) is 46.8 Å². The monoisotopic (exact) mass is 390 g/mol. The minimum Gasteiger partial charge on any atom is -0.448 e. The van der Waals surface area contributed by atoms with E-state index in [1.807, 2.05) is 15.3 Å². The third kappa shape index (κ3) is 2.91. The molecule has 3 aromatic rings. The van der Waals surface area contributed by atoms with Gasteiger partial charge in [-0.3, -0.25) is 4.79 Å². The van der Waals surface area contributed by atoms with E-state index in [9.17, 15) is 4.79 Å². The van der Waals surface area contributed by atoms with Crippen molar-refractivity contribution in [2.24, 2.45) is 0 Å². The van der Waals surface area contributed by atoms with Crippen LogP contribution in [0.25, 0.3) is 11.1 Å². The second kappa shape index (κ2) is 6.68. The first kappa shape index (κ1) is 16.6. The van der Waals surface area contributed by atoms with Crippen LogP contribution in [0.5, 0.6) is 0 Å². The molecule has 3 aromatic heterocycles. The molecule has 1 amide bonds. The first-order chi connectivity index (χ1) is 11.5. The highest BCUT2D eigenvalue weighted by Gasteiger charge is 2.20. The number of fused-ring (bicyclic) bond motifs is 1. The van der Waals surface area contributed by atoms with Crippen LogP contribution in [-0.2, 0) is 6.54 Å². The minimum absolute atomic E-state index is 0.204. The first-order valence-electron chi connectivity index (χ1n) is 7.79. The van der Waals surface area contributed by atoms with Crippen molar-refractivity contribution in [2.45, 2.75) is 32.9 Å². The molecule has 0 bridgehead atoms. The van der Waals surface area contributed by atoms with Gasteiger partial charge >= 0.3 is 0 Å². The maximum atomic E-state index is 12.8. The van der Waals surface area contributed by atoms with Crippen molar-refractivity contribution in [3.05, 3.63) is 47.4 Å². The molecule has 0 aromatic carbocycles. The summed E-state index contributed by atoms with van der Waals surface area (Å²) in [4.78, 5) is 12.8. The molecule has 1 atom stereocenters. The molecule has 0 aliphatic heterocycles. The smallest absolute Gasteiger partial charge is 0.273 e. The van der Waals surface area contributed by atoms with E-state index in [4.69, 9.17) is 4.42 Å². The first-order valence-corrected chi connectivity index (χ1v) is 8.58. The minimum atomic E-state index is -0.204. The molecule has 0 fully saturated rings. The summed E-state index contributed by atoms with van der Waals surface area (Å²) in [7, 11) is 0. The molecular formula is C17H19BrN4O2. The van der Waals surface area contributed by atoms with E-state index >= 15 is 0 Å². The number of allylic oxidation sites excluding steroid dienone is 1. The van der Waals surface area contributed by atoms with Gasteiger partial charge in [-0.2, -0.15) is 5.10 Å². The quantitative estimate of drug-likeness (QED) is 0.625. The Balaban J connectivity index is 1.94. The normalized spacial score (nSPS) is 12.5. The van der Waals surface area contributed by atoms with E-state index < -0.39 is 0 Å². The number of nitrogens with zero attached hydrogens (tertiary/aromatic N) is 3. The highest BCUT2D eigenvalue weighted by Crippen LogP contribution is 2.28. The van der Waals surface area contributed by atoms with Gasteiger partial charge in [0, 0.05) is 24.7 Å². The van der Waals surface area contributed by atoms with Crippen molar-refractivity contribution in [1.82, 2.24) is 14.3 Å². The van der Waals surface area contributed by atoms with Crippen LogP contribution in [0.15, 0.2) is 46.1 Å². The largest absolute Gasteiger partial charge is 0.448 e. The lowest BCUT2D eigenvalue weighted by molar-refractivity contribution is 0.101. The van der Waals surface area contributed by atoms with Gasteiger partial charge in [-0.15, -0.1) is 6.58 Å². The summed E-state index contributed by atoms with van der Waals surface area (Å²) in [6.45, 7) is 8.43. The number of anilines is 1. The van der Waals surface area contributed by atoms with Gasteiger partial charge in [0.15, 0.2) is 10.3 Å². The average molecular weight is 391 g/mol. The van der Waals surface area contributed by atoms with E-state index in [0.29, 0.717) is 28.3 Å². The van der Waals surface area contributed by atoms with E-state index in [1.165, 1.54) is 0 Å². The van der Waals surface area contributed by atoms with E-state index in [1.54, 1.807) is 24.4 Å². The molecular weight excluding hydrogens is 372 g/mol. The Kier molecular flexibility index (Phi) is 4.62. The number of amides is 1. The zero-order chi connectivity index (χ0) is 17.3. The van der Waals surface area contributed by atoms with Crippen LogP contribution in [0, 0.1) is 0 Å². The molecule has 0 saturated carbocycles. The fourth-order valence-electron chi connectivity index (χ4n) is 2.64. The number of furan rings is 1. The lowest BCUT2D eigenvalue weighted by atomic mass is 10.3. The topological polar surface area (TPSA) is 65.0 Å².